The van der Waals surface area contributed by atoms with Crippen molar-refractivity contribution < 1.29 is 0 Å². The van der Waals surface area contributed by atoms with Crippen molar-refractivity contribution in [2.75, 3.05) is 6.54 Å². The van der Waals surface area contributed by atoms with Gasteiger partial charge in [-0.3, -0.25) is 0 Å². The standard InChI is InChI=1S/C17H26BrN/c1-3-16(14-7-9-15(18)10-8-14)19-13-17(2)11-5-4-6-12-17/h7-10,16,19H,3-6,11-13H2,1-2H3. The van der Waals surface area contributed by atoms with Crippen LogP contribution in [0.15, 0.2) is 28.7 Å². The highest BCUT2D eigenvalue weighted by Gasteiger charge is 2.27. The Kier molecular flexibility index (Phi) is 5.47. The van der Waals surface area contributed by atoms with Crippen LogP contribution in [0.25, 0.3) is 0 Å². The van der Waals surface area contributed by atoms with Crippen molar-refractivity contribution in [3.05, 3.63) is 34.3 Å². The molecule has 0 amide bonds. The molecule has 0 heterocycles. The molecule has 1 nitrogen and oxygen atoms in total. The van der Waals surface area contributed by atoms with Crippen LogP contribution in [0, 0.1) is 5.41 Å². The second-order valence-corrected chi connectivity index (χ2v) is 7.18. The number of hydrogen-bond acceptors (Lipinski definition) is 1. The Labute approximate surface area is 126 Å². The fraction of sp³-hybridized carbons (Fsp3) is 0.647. The van der Waals surface area contributed by atoms with Gasteiger partial charge < -0.3 is 5.32 Å². The minimum Gasteiger partial charge on any atom is -0.309 e. The zero-order valence-electron chi connectivity index (χ0n) is 12.2. The highest BCUT2D eigenvalue weighted by atomic mass is 79.9. The molecule has 1 aromatic rings. The molecule has 0 aromatic heterocycles. The lowest BCUT2D eigenvalue weighted by molar-refractivity contribution is 0.199. The van der Waals surface area contributed by atoms with Gasteiger partial charge in [0.25, 0.3) is 0 Å². The van der Waals surface area contributed by atoms with Gasteiger partial charge in [0.15, 0.2) is 0 Å². The van der Waals surface area contributed by atoms with E-state index in [1.54, 1.807) is 0 Å². The van der Waals surface area contributed by atoms with Gasteiger partial charge in [-0.15, -0.1) is 0 Å². The Morgan fingerprint density at radius 2 is 1.79 bits per heavy atom. The molecule has 1 aromatic carbocycles. The SMILES string of the molecule is CCC(NCC1(C)CCCCC1)c1ccc(Br)cc1. The minimum atomic E-state index is 0.492. The zero-order valence-corrected chi connectivity index (χ0v) is 13.8. The quantitative estimate of drug-likeness (QED) is 0.758. The summed E-state index contributed by atoms with van der Waals surface area (Å²) in [5.41, 5.74) is 1.92. The van der Waals surface area contributed by atoms with Crippen LogP contribution in [-0.2, 0) is 0 Å². The second-order valence-electron chi connectivity index (χ2n) is 6.26. The van der Waals surface area contributed by atoms with Crippen molar-refractivity contribution in [2.24, 2.45) is 5.41 Å². The maximum atomic E-state index is 3.80. The molecule has 1 aliphatic rings. The van der Waals surface area contributed by atoms with Crippen LogP contribution in [0.1, 0.15) is 64.0 Å². The molecule has 1 fully saturated rings. The van der Waals surface area contributed by atoms with Crippen LogP contribution in [-0.4, -0.2) is 6.54 Å². The first-order chi connectivity index (χ1) is 9.13. The molecule has 2 heteroatoms. The summed E-state index contributed by atoms with van der Waals surface area (Å²) in [5.74, 6) is 0. The number of nitrogens with one attached hydrogen (secondary N) is 1. The molecule has 1 saturated carbocycles. The molecule has 2 rings (SSSR count). The average Bonchev–Trinajstić information content (AvgIpc) is 2.42. The van der Waals surface area contributed by atoms with E-state index in [1.807, 2.05) is 0 Å². The Morgan fingerprint density at radius 1 is 1.16 bits per heavy atom. The lowest BCUT2D eigenvalue weighted by atomic mass is 9.75. The van der Waals surface area contributed by atoms with Crippen molar-refractivity contribution >= 4 is 15.9 Å². The molecule has 19 heavy (non-hydrogen) atoms. The van der Waals surface area contributed by atoms with Crippen LogP contribution in [0.2, 0.25) is 0 Å². The first kappa shape index (κ1) is 15.1. The van der Waals surface area contributed by atoms with Gasteiger partial charge in [0.2, 0.25) is 0 Å². The van der Waals surface area contributed by atoms with Crippen molar-refractivity contribution in [2.45, 2.75) is 58.4 Å². The van der Waals surface area contributed by atoms with Crippen LogP contribution in [0.3, 0.4) is 0 Å². The van der Waals surface area contributed by atoms with E-state index in [4.69, 9.17) is 0 Å². The summed E-state index contributed by atoms with van der Waals surface area (Å²) in [5, 5.41) is 3.80. The minimum absolute atomic E-state index is 0.492. The van der Waals surface area contributed by atoms with Gasteiger partial charge in [-0.2, -0.15) is 0 Å². The molecule has 0 spiro atoms. The number of hydrogen-bond donors (Lipinski definition) is 1. The predicted octanol–water partition coefficient (Wildman–Crippen LogP) is 5.46. The first-order valence-electron chi connectivity index (χ1n) is 7.62. The van der Waals surface area contributed by atoms with E-state index >= 15 is 0 Å². The monoisotopic (exact) mass is 323 g/mol. The fourth-order valence-electron chi connectivity index (χ4n) is 3.14. The maximum absolute atomic E-state index is 3.80. The van der Waals surface area contributed by atoms with Crippen molar-refractivity contribution in [3.63, 3.8) is 0 Å². The summed E-state index contributed by atoms with van der Waals surface area (Å²) in [6.07, 6.45) is 8.17. The third-order valence-corrected chi connectivity index (χ3v) is 5.05. The van der Waals surface area contributed by atoms with E-state index in [9.17, 15) is 0 Å². The molecule has 0 radical (unpaired) electrons. The largest absolute Gasteiger partial charge is 0.309 e. The van der Waals surface area contributed by atoms with Crippen molar-refractivity contribution in [3.8, 4) is 0 Å². The first-order valence-corrected chi connectivity index (χ1v) is 8.41. The highest BCUT2D eigenvalue weighted by molar-refractivity contribution is 9.10. The second kappa shape index (κ2) is 6.90. The van der Waals surface area contributed by atoms with Crippen LogP contribution >= 0.6 is 15.9 Å². The summed E-state index contributed by atoms with van der Waals surface area (Å²) in [7, 11) is 0. The Balaban J connectivity index is 1.93. The molecule has 0 saturated heterocycles. The van der Waals surface area contributed by atoms with Crippen molar-refractivity contribution in [1.29, 1.82) is 0 Å². The van der Waals surface area contributed by atoms with Gasteiger partial charge >= 0.3 is 0 Å². The molecule has 0 aliphatic heterocycles. The highest BCUT2D eigenvalue weighted by Crippen LogP contribution is 2.35. The summed E-state index contributed by atoms with van der Waals surface area (Å²) < 4.78 is 1.16. The average molecular weight is 324 g/mol. The lowest BCUT2D eigenvalue weighted by Gasteiger charge is -2.35. The van der Waals surface area contributed by atoms with Crippen LogP contribution in [0.5, 0.6) is 0 Å². The smallest absolute Gasteiger partial charge is 0.0317 e. The number of rotatable bonds is 5. The Morgan fingerprint density at radius 3 is 2.37 bits per heavy atom. The van der Waals surface area contributed by atoms with Crippen LogP contribution < -0.4 is 5.32 Å². The van der Waals surface area contributed by atoms with Gasteiger partial charge in [-0.1, -0.05) is 61.2 Å². The van der Waals surface area contributed by atoms with E-state index in [0.717, 1.165) is 17.4 Å². The molecule has 1 atom stereocenters. The maximum Gasteiger partial charge on any atom is 0.0317 e. The summed E-state index contributed by atoms with van der Waals surface area (Å²) in [4.78, 5) is 0. The van der Waals surface area contributed by atoms with Crippen molar-refractivity contribution in [1.82, 2.24) is 5.32 Å². The number of halogens is 1. The lowest BCUT2D eigenvalue weighted by Crippen LogP contribution is -2.35. The van der Waals surface area contributed by atoms with Gasteiger partial charge in [0.05, 0.1) is 0 Å². The van der Waals surface area contributed by atoms with E-state index in [1.165, 1.54) is 37.7 Å². The summed E-state index contributed by atoms with van der Waals surface area (Å²) in [6.45, 7) is 5.87. The van der Waals surface area contributed by atoms with E-state index < -0.39 is 0 Å². The van der Waals surface area contributed by atoms with E-state index in [-0.39, 0.29) is 0 Å². The predicted molar refractivity (Wildman–Crippen MR) is 86.4 cm³/mol. The molecule has 106 valence electrons. The Hall–Kier alpha value is -0.340. The summed E-state index contributed by atoms with van der Waals surface area (Å²) >= 11 is 3.51. The molecular weight excluding hydrogens is 298 g/mol. The third-order valence-electron chi connectivity index (χ3n) is 4.52. The van der Waals surface area contributed by atoms with Crippen LogP contribution in [0.4, 0.5) is 0 Å². The molecule has 1 N–H and O–H groups in total. The van der Waals surface area contributed by atoms with E-state index in [2.05, 4.69) is 59.4 Å². The summed E-state index contributed by atoms with van der Waals surface area (Å²) in [6, 6.07) is 9.24. The zero-order chi connectivity index (χ0) is 13.7. The normalized spacial score (nSPS) is 20.2. The van der Waals surface area contributed by atoms with Gasteiger partial charge in [-0.05, 0) is 42.4 Å². The topological polar surface area (TPSA) is 12.0 Å². The van der Waals surface area contributed by atoms with Gasteiger partial charge in [-0.25, -0.2) is 0 Å². The van der Waals surface area contributed by atoms with Gasteiger partial charge in [0, 0.05) is 17.1 Å². The molecule has 1 unspecified atom stereocenters. The third kappa shape index (κ3) is 4.32. The Bertz CT molecular complexity index is 379. The van der Waals surface area contributed by atoms with Gasteiger partial charge in [0.1, 0.15) is 0 Å². The fourth-order valence-corrected chi connectivity index (χ4v) is 3.41. The van der Waals surface area contributed by atoms with E-state index in [0.29, 0.717) is 11.5 Å². The molecule has 1 aliphatic carbocycles. The number of benzene rings is 1. The molecular formula is C17H26BrN. The molecule has 0 bridgehead atoms.